The first kappa shape index (κ1) is 13.4. The summed E-state index contributed by atoms with van der Waals surface area (Å²) in [7, 11) is 0. The first-order valence-corrected chi connectivity index (χ1v) is 7.96. The van der Waals surface area contributed by atoms with Crippen molar-refractivity contribution in [2.75, 3.05) is 11.1 Å². The first-order valence-electron chi connectivity index (χ1n) is 6.97. The summed E-state index contributed by atoms with van der Waals surface area (Å²) < 4.78 is 0. The number of pyridine rings is 1. The van der Waals surface area contributed by atoms with Gasteiger partial charge >= 0.3 is 0 Å². The van der Waals surface area contributed by atoms with Crippen LogP contribution in [0.2, 0.25) is 0 Å². The van der Waals surface area contributed by atoms with Crippen LogP contribution in [0.5, 0.6) is 0 Å². The minimum atomic E-state index is 0.378. The topological polar surface area (TPSA) is 37.3 Å². The Bertz CT molecular complexity index is 666. The molecule has 1 aliphatic heterocycles. The Balaban J connectivity index is 1.95. The van der Waals surface area contributed by atoms with E-state index < -0.39 is 0 Å². The number of fused-ring (bicyclic) bond motifs is 1. The van der Waals surface area contributed by atoms with Gasteiger partial charge in [0, 0.05) is 16.8 Å². The predicted octanol–water partition coefficient (Wildman–Crippen LogP) is 4.08. The zero-order chi connectivity index (χ0) is 14.1. The summed E-state index contributed by atoms with van der Waals surface area (Å²) in [6, 6.07) is 10.8. The Morgan fingerprint density at radius 2 is 2.05 bits per heavy atom. The average molecular weight is 285 g/mol. The first-order chi connectivity index (χ1) is 9.63. The number of aliphatic imine (C=N–C) groups is 1. The second kappa shape index (κ2) is 5.44. The highest BCUT2D eigenvalue weighted by Gasteiger charge is 2.19. The van der Waals surface area contributed by atoms with Crippen molar-refractivity contribution in [1.29, 1.82) is 0 Å². The fourth-order valence-electron chi connectivity index (χ4n) is 2.23. The van der Waals surface area contributed by atoms with Crippen LogP contribution >= 0.6 is 11.8 Å². The molecule has 0 spiro atoms. The van der Waals surface area contributed by atoms with Gasteiger partial charge in [0.2, 0.25) is 0 Å². The summed E-state index contributed by atoms with van der Waals surface area (Å²) in [5.74, 6) is 1.75. The molecule has 4 heteroatoms. The number of anilines is 1. The molecule has 0 amide bonds. The number of aromatic nitrogens is 1. The standard InChI is InChI=1S/C16H19N3S/c1-10-9-20-16(18-12(10)3)19-14-6-4-5-13-8-7-11(2)17-15(13)14/h4-8,10,12H,9H2,1-3H3,(H,18,19). The molecule has 0 radical (unpaired) electrons. The van der Waals surface area contributed by atoms with Gasteiger partial charge in [0.1, 0.15) is 0 Å². The number of benzene rings is 1. The second-order valence-corrected chi connectivity index (χ2v) is 6.43. The van der Waals surface area contributed by atoms with Gasteiger partial charge in [-0.3, -0.25) is 9.98 Å². The number of amidine groups is 1. The van der Waals surface area contributed by atoms with Crippen LogP contribution in [0.1, 0.15) is 19.5 Å². The van der Waals surface area contributed by atoms with Crippen molar-refractivity contribution in [3.05, 3.63) is 36.0 Å². The molecule has 2 unspecified atom stereocenters. The minimum absolute atomic E-state index is 0.378. The molecule has 20 heavy (non-hydrogen) atoms. The van der Waals surface area contributed by atoms with Gasteiger partial charge < -0.3 is 5.32 Å². The normalized spacial score (nSPS) is 22.6. The molecule has 104 valence electrons. The van der Waals surface area contributed by atoms with Gasteiger partial charge in [-0.15, -0.1) is 0 Å². The SMILES string of the molecule is Cc1ccc2cccc(NC3=NC(C)C(C)CS3)c2n1. The molecule has 3 nitrogen and oxygen atoms in total. The molecule has 2 aromatic rings. The second-order valence-electron chi connectivity index (χ2n) is 5.42. The molecule has 0 saturated heterocycles. The Kier molecular flexibility index (Phi) is 3.66. The highest BCUT2D eigenvalue weighted by Crippen LogP contribution is 2.27. The average Bonchev–Trinajstić information content (AvgIpc) is 2.44. The van der Waals surface area contributed by atoms with Crippen LogP contribution in [0.3, 0.4) is 0 Å². The van der Waals surface area contributed by atoms with Gasteiger partial charge in [-0.1, -0.05) is 36.9 Å². The minimum Gasteiger partial charge on any atom is -0.333 e. The third-order valence-electron chi connectivity index (χ3n) is 3.73. The van der Waals surface area contributed by atoms with Crippen molar-refractivity contribution in [3.63, 3.8) is 0 Å². The predicted molar refractivity (Wildman–Crippen MR) is 88.6 cm³/mol. The summed E-state index contributed by atoms with van der Waals surface area (Å²) in [4.78, 5) is 9.38. The van der Waals surface area contributed by atoms with Crippen LogP contribution in [0.25, 0.3) is 10.9 Å². The highest BCUT2D eigenvalue weighted by atomic mass is 32.2. The van der Waals surface area contributed by atoms with Crippen LogP contribution in [0.4, 0.5) is 5.69 Å². The van der Waals surface area contributed by atoms with E-state index in [9.17, 15) is 0 Å². The van der Waals surface area contributed by atoms with Crippen LogP contribution in [0, 0.1) is 12.8 Å². The lowest BCUT2D eigenvalue weighted by Gasteiger charge is -2.24. The Morgan fingerprint density at radius 1 is 1.20 bits per heavy atom. The number of hydrogen-bond acceptors (Lipinski definition) is 4. The van der Waals surface area contributed by atoms with E-state index in [1.807, 2.05) is 13.0 Å². The maximum Gasteiger partial charge on any atom is 0.161 e. The van der Waals surface area contributed by atoms with Crippen LogP contribution in [0.15, 0.2) is 35.3 Å². The third-order valence-corrected chi connectivity index (χ3v) is 4.90. The summed E-state index contributed by atoms with van der Waals surface area (Å²) in [5.41, 5.74) is 3.09. The number of thioether (sulfide) groups is 1. The molecule has 1 N–H and O–H groups in total. The van der Waals surface area contributed by atoms with E-state index in [0.717, 1.165) is 33.2 Å². The fraction of sp³-hybridized carbons (Fsp3) is 0.375. The van der Waals surface area contributed by atoms with Gasteiger partial charge in [0.05, 0.1) is 17.2 Å². The van der Waals surface area contributed by atoms with Crippen molar-refractivity contribution < 1.29 is 0 Å². The maximum absolute atomic E-state index is 4.73. The number of hydrogen-bond donors (Lipinski definition) is 1. The van der Waals surface area contributed by atoms with E-state index in [1.165, 1.54) is 0 Å². The van der Waals surface area contributed by atoms with E-state index >= 15 is 0 Å². The summed E-state index contributed by atoms with van der Waals surface area (Å²) in [6.45, 7) is 6.45. The highest BCUT2D eigenvalue weighted by molar-refractivity contribution is 8.14. The molecule has 2 atom stereocenters. The van der Waals surface area contributed by atoms with Crippen molar-refractivity contribution in [2.24, 2.45) is 10.9 Å². The summed E-state index contributed by atoms with van der Waals surface area (Å²) >= 11 is 1.79. The van der Waals surface area contributed by atoms with E-state index in [2.05, 4.69) is 48.4 Å². The summed E-state index contributed by atoms with van der Waals surface area (Å²) in [5, 5.41) is 5.61. The smallest absolute Gasteiger partial charge is 0.161 e. The zero-order valence-electron chi connectivity index (χ0n) is 12.1. The largest absolute Gasteiger partial charge is 0.333 e. The van der Waals surface area contributed by atoms with Crippen LogP contribution < -0.4 is 5.32 Å². The molecule has 0 aliphatic carbocycles. The molecule has 1 aromatic carbocycles. The number of nitrogens with zero attached hydrogens (tertiary/aromatic N) is 2. The molecule has 0 bridgehead atoms. The van der Waals surface area contributed by atoms with Crippen molar-refractivity contribution >= 4 is 33.5 Å². The van der Waals surface area contributed by atoms with E-state index in [0.29, 0.717) is 12.0 Å². The zero-order valence-corrected chi connectivity index (χ0v) is 12.9. The van der Waals surface area contributed by atoms with Gasteiger partial charge in [-0.2, -0.15) is 0 Å². The lowest BCUT2D eigenvalue weighted by Crippen LogP contribution is -2.25. The Labute approximate surface area is 123 Å². The quantitative estimate of drug-likeness (QED) is 0.857. The van der Waals surface area contributed by atoms with Gasteiger partial charge in [0.25, 0.3) is 0 Å². The molecule has 0 saturated carbocycles. The molecule has 2 heterocycles. The Morgan fingerprint density at radius 3 is 2.85 bits per heavy atom. The van der Waals surface area contributed by atoms with Gasteiger partial charge in [-0.25, -0.2) is 0 Å². The van der Waals surface area contributed by atoms with E-state index in [-0.39, 0.29) is 0 Å². The molecule has 1 aromatic heterocycles. The van der Waals surface area contributed by atoms with E-state index in [4.69, 9.17) is 4.99 Å². The lowest BCUT2D eigenvalue weighted by atomic mass is 10.1. The van der Waals surface area contributed by atoms with Crippen molar-refractivity contribution in [2.45, 2.75) is 26.8 Å². The van der Waals surface area contributed by atoms with Crippen molar-refractivity contribution in [1.82, 2.24) is 4.98 Å². The summed E-state index contributed by atoms with van der Waals surface area (Å²) in [6.07, 6.45) is 0. The molecule has 3 rings (SSSR count). The number of rotatable bonds is 1. The molecule has 0 fully saturated rings. The lowest BCUT2D eigenvalue weighted by molar-refractivity contribution is 0.537. The molecular formula is C16H19N3S. The van der Waals surface area contributed by atoms with Crippen molar-refractivity contribution in [3.8, 4) is 0 Å². The van der Waals surface area contributed by atoms with E-state index in [1.54, 1.807) is 11.8 Å². The molecule has 1 aliphatic rings. The monoisotopic (exact) mass is 285 g/mol. The van der Waals surface area contributed by atoms with Gasteiger partial charge in [-0.05, 0) is 31.9 Å². The van der Waals surface area contributed by atoms with Gasteiger partial charge in [0.15, 0.2) is 5.17 Å². The number of para-hydroxylation sites is 1. The van der Waals surface area contributed by atoms with Crippen LogP contribution in [-0.4, -0.2) is 21.9 Å². The Hall–Kier alpha value is -1.55. The maximum atomic E-state index is 4.73. The molecular weight excluding hydrogens is 266 g/mol. The third kappa shape index (κ3) is 2.66. The fourth-order valence-corrected chi connectivity index (χ4v) is 3.35. The van der Waals surface area contributed by atoms with Crippen LogP contribution in [-0.2, 0) is 0 Å². The number of aryl methyl sites for hydroxylation is 1. The number of nitrogens with one attached hydrogen (secondary N) is 1.